The summed E-state index contributed by atoms with van der Waals surface area (Å²) in [5.74, 6) is 0. The van der Waals surface area contributed by atoms with Crippen molar-refractivity contribution in [2.24, 2.45) is 0 Å². The van der Waals surface area contributed by atoms with Crippen LogP contribution in [0.3, 0.4) is 0 Å². The average Bonchev–Trinajstić information content (AvgIpc) is 2.48. The molecule has 3 aromatic rings. The second-order valence-electron chi connectivity index (χ2n) is 4.72. The zero-order valence-electron chi connectivity index (χ0n) is 11.2. The normalized spacial score (nSPS) is 12.5. The molecule has 0 saturated carbocycles. The second kappa shape index (κ2) is 5.65. The Kier molecular flexibility index (Phi) is 3.72. The van der Waals surface area contributed by atoms with Gasteiger partial charge in [0.2, 0.25) is 0 Å². The molecule has 0 radical (unpaired) electrons. The molecule has 100 valence electrons. The summed E-state index contributed by atoms with van der Waals surface area (Å²) in [4.78, 5) is 5.55. The average molecular weight is 281 g/mol. The Morgan fingerprint density at radius 2 is 1.80 bits per heavy atom. The van der Waals surface area contributed by atoms with E-state index in [1.165, 1.54) is 15.7 Å². The molecule has 1 N–H and O–H groups in total. The topological polar surface area (TPSA) is 33.1 Å². The molecule has 1 aromatic heterocycles. The predicted octanol–water partition coefficient (Wildman–Crippen LogP) is 4.44. The van der Waals surface area contributed by atoms with Crippen LogP contribution in [-0.2, 0) is 0 Å². The lowest BCUT2D eigenvalue weighted by Crippen LogP contribution is -1.92. The molecule has 0 unspecified atom stereocenters. The molecule has 0 aliphatic carbocycles. The Balaban J connectivity index is 1.85. The molecule has 0 fully saturated rings. The highest BCUT2D eigenvalue weighted by Gasteiger charge is 2.03. The molecule has 1 heterocycles. The third kappa shape index (κ3) is 2.84. The molecule has 0 bridgehead atoms. The maximum absolute atomic E-state index is 9.48. The van der Waals surface area contributed by atoms with Crippen LogP contribution in [-0.4, -0.2) is 10.1 Å². The monoisotopic (exact) mass is 281 g/mol. The maximum Gasteiger partial charge on any atom is 0.101 e. The number of rotatable bonds is 3. The molecule has 20 heavy (non-hydrogen) atoms. The molecular formula is C17H15NOS. The zero-order chi connectivity index (χ0) is 13.9. The first-order chi connectivity index (χ1) is 9.72. The van der Waals surface area contributed by atoms with Crippen molar-refractivity contribution in [2.45, 2.75) is 22.9 Å². The van der Waals surface area contributed by atoms with E-state index in [1.54, 1.807) is 24.9 Å². The van der Waals surface area contributed by atoms with Gasteiger partial charge >= 0.3 is 0 Å². The molecule has 2 nitrogen and oxygen atoms in total. The van der Waals surface area contributed by atoms with Gasteiger partial charge in [-0.2, -0.15) is 0 Å². The number of fused-ring (bicyclic) bond motifs is 1. The zero-order valence-corrected chi connectivity index (χ0v) is 12.0. The number of nitrogens with zero attached hydrogens (tertiary/aromatic N) is 1. The molecule has 0 amide bonds. The van der Waals surface area contributed by atoms with Crippen LogP contribution in [0.5, 0.6) is 0 Å². The Bertz CT molecular complexity index is 722. The fourth-order valence-electron chi connectivity index (χ4n) is 2.05. The van der Waals surface area contributed by atoms with Crippen LogP contribution >= 0.6 is 11.8 Å². The minimum absolute atomic E-state index is 0.470. The van der Waals surface area contributed by atoms with E-state index < -0.39 is 6.10 Å². The van der Waals surface area contributed by atoms with Crippen molar-refractivity contribution >= 4 is 22.5 Å². The standard InChI is InChI=1S/C17H15NOS/c1-12(19)15-7-9-17(18-11-15)20-16-8-6-13-4-2-3-5-14(13)10-16/h2-12,19H,1H3/t12-/m1/s1. The van der Waals surface area contributed by atoms with E-state index in [-0.39, 0.29) is 0 Å². The van der Waals surface area contributed by atoms with Gasteiger partial charge in [-0.3, -0.25) is 0 Å². The second-order valence-corrected chi connectivity index (χ2v) is 5.81. The highest BCUT2D eigenvalue weighted by Crippen LogP contribution is 2.29. The highest BCUT2D eigenvalue weighted by atomic mass is 32.2. The Hall–Kier alpha value is -1.84. The van der Waals surface area contributed by atoms with Crippen LogP contribution in [0.25, 0.3) is 10.8 Å². The summed E-state index contributed by atoms with van der Waals surface area (Å²) in [7, 11) is 0. The molecule has 1 atom stereocenters. The largest absolute Gasteiger partial charge is 0.389 e. The van der Waals surface area contributed by atoms with Gasteiger partial charge in [0, 0.05) is 11.1 Å². The van der Waals surface area contributed by atoms with Crippen molar-refractivity contribution in [1.82, 2.24) is 4.98 Å². The lowest BCUT2D eigenvalue weighted by molar-refractivity contribution is 0.198. The van der Waals surface area contributed by atoms with Gasteiger partial charge in [-0.15, -0.1) is 0 Å². The van der Waals surface area contributed by atoms with E-state index in [9.17, 15) is 5.11 Å². The Morgan fingerprint density at radius 1 is 1.00 bits per heavy atom. The molecule has 3 rings (SSSR count). The summed E-state index contributed by atoms with van der Waals surface area (Å²) in [5.41, 5.74) is 0.841. The van der Waals surface area contributed by atoms with Crippen LogP contribution in [0.15, 0.2) is 70.7 Å². The van der Waals surface area contributed by atoms with Crippen molar-refractivity contribution in [3.05, 3.63) is 66.4 Å². The van der Waals surface area contributed by atoms with Crippen LogP contribution in [0.2, 0.25) is 0 Å². The Labute approximate surface area is 122 Å². The first kappa shape index (κ1) is 13.2. The van der Waals surface area contributed by atoms with Gasteiger partial charge < -0.3 is 5.11 Å². The minimum atomic E-state index is -0.470. The molecule has 0 aliphatic rings. The van der Waals surface area contributed by atoms with Gasteiger partial charge in [-0.1, -0.05) is 48.2 Å². The number of pyridine rings is 1. The van der Waals surface area contributed by atoms with Gasteiger partial charge in [-0.05, 0) is 41.5 Å². The number of hydrogen-bond donors (Lipinski definition) is 1. The van der Waals surface area contributed by atoms with E-state index in [0.29, 0.717) is 0 Å². The van der Waals surface area contributed by atoms with Crippen molar-refractivity contribution in [2.75, 3.05) is 0 Å². The summed E-state index contributed by atoms with van der Waals surface area (Å²) in [5, 5.41) is 12.9. The van der Waals surface area contributed by atoms with Crippen LogP contribution < -0.4 is 0 Å². The molecule has 2 aromatic carbocycles. The van der Waals surface area contributed by atoms with Gasteiger partial charge in [0.25, 0.3) is 0 Å². The summed E-state index contributed by atoms with van der Waals surface area (Å²) in [6.45, 7) is 1.74. The van der Waals surface area contributed by atoms with E-state index in [0.717, 1.165) is 10.6 Å². The summed E-state index contributed by atoms with van der Waals surface area (Å²) >= 11 is 1.63. The quantitative estimate of drug-likeness (QED) is 0.770. The van der Waals surface area contributed by atoms with Gasteiger partial charge in [0.15, 0.2) is 0 Å². The molecule has 0 aliphatic heterocycles. The SMILES string of the molecule is C[C@@H](O)c1ccc(Sc2ccc3ccccc3c2)nc1. The number of aliphatic hydroxyl groups is 1. The fourth-order valence-corrected chi connectivity index (χ4v) is 2.86. The molecular weight excluding hydrogens is 266 g/mol. The lowest BCUT2D eigenvalue weighted by atomic mass is 10.1. The molecule has 0 saturated heterocycles. The summed E-state index contributed by atoms with van der Waals surface area (Å²) in [6, 6.07) is 18.6. The van der Waals surface area contributed by atoms with Crippen molar-refractivity contribution in [3.8, 4) is 0 Å². The Morgan fingerprint density at radius 3 is 2.50 bits per heavy atom. The van der Waals surface area contributed by atoms with Crippen molar-refractivity contribution in [3.63, 3.8) is 0 Å². The lowest BCUT2D eigenvalue weighted by Gasteiger charge is -2.06. The minimum Gasteiger partial charge on any atom is -0.389 e. The smallest absolute Gasteiger partial charge is 0.101 e. The fraction of sp³-hybridized carbons (Fsp3) is 0.118. The highest BCUT2D eigenvalue weighted by molar-refractivity contribution is 7.99. The van der Waals surface area contributed by atoms with E-state index in [2.05, 4.69) is 35.3 Å². The van der Waals surface area contributed by atoms with Crippen molar-refractivity contribution < 1.29 is 5.11 Å². The molecule has 0 spiro atoms. The third-order valence-electron chi connectivity index (χ3n) is 3.18. The molecule has 3 heteroatoms. The van der Waals surface area contributed by atoms with Gasteiger partial charge in [-0.25, -0.2) is 4.98 Å². The number of aliphatic hydroxyl groups excluding tert-OH is 1. The van der Waals surface area contributed by atoms with Gasteiger partial charge in [0.1, 0.15) is 5.03 Å². The van der Waals surface area contributed by atoms with E-state index in [1.807, 2.05) is 24.3 Å². The number of hydrogen-bond acceptors (Lipinski definition) is 3. The van der Waals surface area contributed by atoms with Crippen LogP contribution in [0.1, 0.15) is 18.6 Å². The van der Waals surface area contributed by atoms with E-state index in [4.69, 9.17) is 0 Å². The number of aromatic nitrogens is 1. The first-order valence-corrected chi connectivity index (χ1v) is 7.35. The van der Waals surface area contributed by atoms with E-state index >= 15 is 0 Å². The van der Waals surface area contributed by atoms with Gasteiger partial charge in [0.05, 0.1) is 6.10 Å². The maximum atomic E-state index is 9.48. The number of benzene rings is 2. The summed E-state index contributed by atoms with van der Waals surface area (Å²) < 4.78 is 0. The third-order valence-corrected chi connectivity index (χ3v) is 4.13. The summed E-state index contributed by atoms with van der Waals surface area (Å²) in [6.07, 6.45) is 1.26. The van der Waals surface area contributed by atoms with Crippen LogP contribution in [0, 0.1) is 0 Å². The van der Waals surface area contributed by atoms with Crippen molar-refractivity contribution in [1.29, 1.82) is 0 Å². The van der Waals surface area contributed by atoms with Crippen LogP contribution in [0.4, 0.5) is 0 Å². The first-order valence-electron chi connectivity index (χ1n) is 6.53. The predicted molar refractivity (Wildman–Crippen MR) is 82.9 cm³/mol.